The minimum absolute atomic E-state index is 0.251. The van der Waals surface area contributed by atoms with Gasteiger partial charge in [0.05, 0.1) is 10.8 Å². The van der Waals surface area contributed by atoms with Crippen LogP contribution in [0.5, 0.6) is 5.75 Å². The molecule has 2 aliphatic carbocycles. The van der Waals surface area contributed by atoms with Gasteiger partial charge in [0.2, 0.25) is 5.91 Å². The van der Waals surface area contributed by atoms with Gasteiger partial charge in [0, 0.05) is 18.6 Å². The van der Waals surface area contributed by atoms with E-state index in [1.807, 2.05) is 24.3 Å². The van der Waals surface area contributed by atoms with E-state index in [0.29, 0.717) is 41.1 Å². The van der Waals surface area contributed by atoms with Crippen molar-refractivity contribution in [3.05, 3.63) is 35.1 Å². The monoisotopic (exact) mass is 460 g/mol. The molecule has 5 rings (SSSR count). The van der Waals surface area contributed by atoms with Gasteiger partial charge in [0.25, 0.3) is 0 Å². The third-order valence-electron chi connectivity index (χ3n) is 6.73. The predicted molar refractivity (Wildman–Crippen MR) is 121 cm³/mol. The Kier molecular flexibility index (Phi) is 6.41. The summed E-state index contributed by atoms with van der Waals surface area (Å²) in [5.74, 6) is 2.83. The molecule has 0 bridgehead atoms. The molecule has 3 fully saturated rings. The minimum atomic E-state index is 0.251. The van der Waals surface area contributed by atoms with Gasteiger partial charge >= 0.3 is 0 Å². The van der Waals surface area contributed by atoms with E-state index in [1.165, 1.54) is 43.9 Å². The van der Waals surface area contributed by atoms with E-state index in [-0.39, 0.29) is 5.91 Å². The quantitative estimate of drug-likeness (QED) is 0.537. The van der Waals surface area contributed by atoms with Crippen molar-refractivity contribution in [1.82, 2.24) is 19.7 Å². The topological polar surface area (TPSA) is 60.2 Å². The fraction of sp³-hybridized carbons (Fsp3) is 0.609. The second-order valence-electron chi connectivity index (χ2n) is 8.85. The average molecular weight is 461 g/mol. The highest BCUT2D eigenvalue weighted by molar-refractivity contribution is 7.99. The summed E-state index contributed by atoms with van der Waals surface area (Å²) in [6, 6.07) is 8.31. The summed E-state index contributed by atoms with van der Waals surface area (Å²) in [5, 5.41) is 10.2. The van der Waals surface area contributed by atoms with Crippen molar-refractivity contribution in [2.75, 3.05) is 12.3 Å². The maximum Gasteiger partial charge on any atom is 0.233 e. The van der Waals surface area contributed by atoms with E-state index < -0.39 is 0 Å². The van der Waals surface area contributed by atoms with Crippen LogP contribution in [0.3, 0.4) is 0 Å². The Morgan fingerprint density at radius 1 is 1.10 bits per heavy atom. The van der Waals surface area contributed by atoms with Crippen molar-refractivity contribution in [3.63, 3.8) is 0 Å². The van der Waals surface area contributed by atoms with Gasteiger partial charge in [-0.05, 0) is 56.6 Å². The maximum absolute atomic E-state index is 13.1. The van der Waals surface area contributed by atoms with Crippen LogP contribution in [-0.2, 0) is 11.4 Å². The van der Waals surface area contributed by atoms with Gasteiger partial charge < -0.3 is 9.64 Å². The lowest BCUT2D eigenvalue weighted by atomic mass is 9.78. The molecule has 2 heterocycles. The van der Waals surface area contributed by atoms with Crippen LogP contribution in [0, 0.1) is 5.92 Å². The van der Waals surface area contributed by atoms with Crippen LogP contribution < -0.4 is 4.74 Å². The summed E-state index contributed by atoms with van der Waals surface area (Å²) in [7, 11) is 0. The fourth-order valence-electron chi connectivity index (χ4n) is 5.05. The molecule has 8 heteroatoms. The molecule has 2 aromatic rings. The van der Waals surface area contributed by atoms with Crippen LogP contribution >= 0.6 is 23.4 Å². The number of hydrogen-bond donors (Lipinski definition) is 0. The second kappa shape index (κ2) is 9.41. The number of aromatic nitrogens is 3. The van der Waals surface area contributed by atoms with Gasteiger partial charge in [0.15, 0.2) is 11.0 Å². The number of para-hydroxylation sites is 1. The van der Waals surface area contributed by atoms with Crippen LogP contribution in [-0.4, -0.2) is 43.9 Å². The zero-order valence-electron chi connectivity index (χ0n) is 17.7. The van der Waals surface area contributed by atoms with E-state index in [0.717, 1.165) is 36.8 Å². The lowest BCUT2D eigenvalue weighted by molar-refractivity contribution is -0.134. The van der Waals surface area contributed by atoms with Gasteiger partial charge in [-0.3, -0.25) is 9.36 Å². The summed E-state index contributed by atoms with van der Waals surface area (Å²) in [4.78, 5) is 15.3. The van der Waals surface area contributed by atoms with Crippen LogP contribution in [0.15, 0.2) is 29.4 Å². The number of hydrogen-bond acceptors (Lipinski definition) is 5. The smallest absolute Gasteiger partial charge is 0.233 e. The lowest BCUT2D eigenvalue weighted by Crippen LogP contribution is -2.50. The predicted octanol–water partition coefficient (Wildman–Crippen LogP) is 5.12. The van der Waals surface area contributed by atoms with Crippen LogP contribution in [0.1, 0.15) is 63.2 Å². The molecule has 1 aromatic heterocycles. The van der Waals surface area contributed by atoms with Crippen molar-refractivity contribution in [3.8, 4) is 5.75 Å². The molecule has 0 radical (unpaired) electrons. The van der Waals surface area contributed by atoms with E-state index in [9.17, 15) is 4.79 Å². The van der Waals surface area contributed by atoms with Crippen LogP contribution in [0.25, 0.3) is 0 Å². The standard InChI is InChI=1S/C23H29ClN4O2S/c24-18-8-2-4-10-20(18)30-14-21-25-26-23(28(21)17-11-12-17)31-15-22(29)27-13-5-7-16-6-1-3-9-19(16)27/h2,4,8,10,16-17,19H,1,3,5-7,9,11-15H2/t16-,19-/m1/s1. The van der Waals surface area contributed by atoms with Crippen molar-refractivity contribution in [2.24, 2.45) is 5.92 Å². The number of ether oxygens (including phenoxy) is 1. The number of thioether (sulfide) groups is 1. The number of benzene rings is 1. The summed E-state index contributed by atoms with van der Waals surface area (Å²) in [6.45, 7) is 1.23. The number of likely N-dealkylation sites (tertiary alicyclic amines) is 1. The first-order chi connectivity index (χ1) is 15.2. The Morgan fingerprint density at radius 2 is 1.90 bits per heavy atom. The fourth-order valence-corrected chi connectivity index (χ4v) is 6.15. The van der Waals surface area contributed by atoms with Gasteiger partial charge in [-0.1, -0.05) is 48.3 Å². The average Bonchev–Trinajstić information content (AvgIpc) is 3.56. The molecule has 31 heavy (non-hydrogen) atoms. The van der Waals surface area contributed by atoms with Crippen LogP contribution in [0.2, 0.25) is 5.02 Å². The number of carbonyl (C=O) groups is 1. The van der Waals surface area contributed by atoms with Crippen molar-refractivity contribution >= 4 is 29.3 Å². The van der Waals surface area contributed by atoms with Crippen molar-refractivity contribution in [1.29, 1.82) is 0 Å². The summed E-state index contributed by atoms with van der Waals surface area (Å²) < 4.78 is 8.06. The number of piperidine rings is 1. The molecule has 1 saturated heterocycles. The summed E-state index contributed by atoms with van der Waals surface area (Å²) >= 11 is 7.72. The Labute approximate surface area is 192 Å². The highest BCUT2D eigenvalue weighted by Gasteiger charge is 2.36. The molecule has 0 spiro atoms. The molecular weight excluding hydrogens is 432 g/mol. The van der Waals surface area contributed by atoms with Gasteiger partial charge in [-0.2, -0.15) is 0 Å². The van der Waals surface area contributed by atoms with E-state index >= 15 is 0 Å². The number of carbonyl (C=O) groups excluding carboxylic acids is 1. The molecule has 1 aliphatic heterocycles. The Balaban J connectivity index is 1.23. The number of rotatable bonds is 7. The second-order valence-corrected chi connectivity index (χ2v) is 10.2. The third kappa shape index (κ3) is 4.72. The molecule has 2 atom stereocenters. The van der Waals surface area contributed by atoms with Crippen LogP contribution in [0.4, 0.5) is 0 Å². The van der Waals surface area contributed by atoms with Gasteiger partial charge in [-0.25, -0.2) is 0 Å². The minimum Gasteiger partial charge on any atom is -0.484 e. The molecule has 6 nitrogen and oxygen atoms in total. The normalized spacial score (nSPS) is 23.5. The van der Waals surface area contributed by atoms with Gasteiger partial charge in [0.1, 0.15) is 12.4 Å². The highest BCUT2D eigenvalue weighted by atomic mass is 35.5. The molecule has 0 N–H and O–H groups in total. The van der Waals surface area contributed by atoms with Gasteiger partial charge in [-0.15, -0.1) is 10.2 Å². The maximum atomic E-state index is 13.1. The number of halogens is 1. The zero-order chi connectivity index (χ0) is 21.2. The SMILES string of the molecule is O=C(CSc1nnc(COc2ccccc2Cl)n1C1CC1)N1CCC[C@H]2CCCC[C@H]21. The summed E-state index contributed by atoms with van der Waals surface area (Å²) in [5.41, 5.74) is 0. The largest absolute Gasteiger partial charge is 0.484 e. The molecule has 166 valence electrons. The molecule has 2 saturated carbocycles. The molecular formula is C23H29ClN4O2S. The first-order valence-electron chi connectivity index (χ1n) is 11.4. The lowest BCUT2D eigenvalue weighted by Gasteiger charge is -2.44. The first kappa shape index (κ1) is 21.1. The van der Waals surface area contributed by atoms with E-state index in [1.54, 1.807) is 0 Å². The third-order valence-corrected chi connectivity index (χ3v) is 7.97. The van der Waals surface area contributed by atoms with Crippen molar-refractivity contribution in [2.45, 2.75) is 75.2 Å². The number of nitrogens with zero attached hydrogens (tertiary/aromatic N) is 4. The molecule has 3 aliphatic rings. The molecule has 0 unspecified atom stereocenters. The zero-order valence-corrected chi connectivity index (χ0v) is 19.3. The first-order valence-corrected chi connectivity index (χ1v) is 12.8. The van der Waals surface area contributed by atoms with E-state index in [2.05, 4.69) is 19.7 Å². The Hall–Kier alpha value is -1.73. The summed E-state index contributed by atoms with van der Waals surface area (Å²) in [6.07, 6.45) is 9.69. The highest BCUT2D eigenvalue weighted by Crippen LogP contribution is 2.40. The molecule has 1 amide bonds. The Morgan fingerprint density at radius 3 is 2.74 bits per heavy atom. The molecule has 1 aromatic carbocycles. The van der Waals surface area contributed by atoms with E-state index in [4.69, 9.17) is 16.3 Å². The van der Waals surface area contributed by atoms with Crippen molar-refractivity contribution < 1.29 is 9.53 Å². The Bertz CT molecular complexity index is 930. The number of fused-ring (bicyclic) bond motifs is 1. The number of amides is 1.